The third-order valence-corrected chi connectivity index (χ3v) is 4.02. The van der Waals surface area contributed by atoms with Crippen molar-refractivity contribution in [2.45, 2.75) is 26.7 Å². The van der Waals surface area contributed by atoms with Crippen LogP contribution in [0.1, 0.15) is 22.5 Å². The van der Waals surface area contributed by atoms with Crippen LogP contribution in [-0.2, 0) is 22.5 Å². The molecular formula is C19H27N7O3. The Balaban J connectivity index is 1.88. The van der Waals surface area contributed by atoms with Crippen LogP contribution in [0.25, 0.3) is 0 Å². The summed E-state index contributed by atoms with van der Waals surface area (Å²) < 4.78 is 0. The highest BCUT2D eigenvalue weighted by Gasteiger charge is 2.11. The van der Waals surface area contributed by atoms with Gasteiger partial charge in [0, 0.05) is 18.8 Å². The van der Waals surface area contributed by atoms with Crippen molar-refractivity contribution in [3.63, 3.8) is 0 Å². The first kappa shape index (κ1) is 21.9. The molecule has 0 aliphatic rings. The van der Waals surface area contributed by atoms with Crippen LogP contribution in [-0.4, -0.2) is 41.5 Å². The van der Waals surface area contributed by atoms with Crippen molar-refractivity contribution in [3.05, 3.63) is 57.1 Å². The molecule has 1 aromatic carbocycles. The molecule has 10 nitrogen and oxygen atoms in total. The Bertz CT molecular complexity index is 911. The monoisotopic (exact) mass is 401 g/mol. The summed E-state index contributed by atoms with van der Waals surface area (Å²) in [6.45, 7) is 4.67. The topological polar surface area (TPSA) is 158 Å². The molecule has 0 aliphatic heterocycles. The lowest BCUT2D eigenvalue weighted by molar-refractivity contribution is -0.120. The molecule has 2 rings (SSSR count). The molecule has 0 aliphatic carbocycles. The number of benzene rings is 1. The highest BCUT2D eigenvalue weighted by atomic mass is 16.6. The molecule has 0 atom stereocenters. The van der Waals surface area contributed by atoms with Gasteiger partial charge in [0.15, 0.2) is 5.82 Å². The predicted molar refractivity (Wildman–Crippen MR) is 111 cm³/mol. The second-order valence-corrected chi connectivity index (χ2v) is 6.54. The fourth-order valence-corrected chi connectivity index (χ4v) is 2.64. The number of guanidine groups is 1. The number of anilines is 1. The number of aromatic amines is 1. The molecule has 2 aromatic rings. The minimum absolute atomic E-state index is 0.0231. The van der Waals surface area contributed by atoms with Gasteiger partial charge in [-0.05, 0) is 25.8 Å². The first-order valence-electron chi connectivity index (χ1n) is 9.23. The van der Waals surface area contributed by atoms with Gasteiger partial charge in [0.05, 0.1) is 18.7 Å². The van der Waals surface area contributed by atoms with Crippen molar-refractivity contribution in [2.75, 3.05) is 25.0 Å². The zero-order valence-electron chi connectivity index (χ0n) is 16.6. The third-order valence-electron chi connectivity index (χ3n) is 4.02. The summed E-state index contributed by atoms with van der Waals surface area (Å²) in [6, 6.07) is 8.17. The van der Waals surface area contributed by atoms with Crippen molar-refractivity contribution in [2.24, 2.45) is 5.73 Å². The molecular weight excluding hydrogens is 374 g/mol. The van der Waals surface area contributed by atoms with Gasteiger partial charge in [-0.2, -0.15) is 0 Å². The van der Waals surface area contributed by atoms with Crippen LogP contribution in [0, 0.1) is 19.3 Å². The largest absolute Gasteiger partial charge is 0.368 e. The summed E-state index contributed by atoms with van der Waals surface area (Å²) in [5.41, 5.74) is 10.3. The van der Waals surface area contributed by atoms with Crippen molar-refractivity contribution < 1.29 is 9.63 Å². The molecule has 0 saturated heterocycles. The van der Waals surface area contributed by atoms with Crippen LogP contribution in [0.5, 0.6) is 0 Å². The maximum absolute atomic E-state index is 12.1. The maximum Gasteiger partial charge on any atom is 0.290 e. The van der Waals surface area contributed by atoms with Crippen LogP contribution in [0.15, 0.2) is 29.1 Å². The van der Waals surface area contributed by atoms with Crippen LogP contribution in [0.3, 0.4) is 0 Å². The average Bonchev–Trinajstić information content (AvgIpc) is 2.65. The molecule has 10 heteroatoms. The fraction of sp³-hybridized carbons (Fsp3) is 0.368. The average molecular weight is 401 g/mol. The number of H-pyrrole nitrogens is 1. The van der Waals surface area contributed by atoms with Crippen LogP contribution >= 0.6 is 0 Å². The molecule has 0 unspecified atom stereocenters. The van der Waals surface area contributed by atoms with E-state index in [4.69, 9.17) is 16.0 Å². The number of nitrogens with zero attached hydrogens (tertiary/aromatic N) is 1. The van der Waals surface area contributed by atoms with Crippen molar-refractivity contribution in [1.82, 2.24) is 20.8 Å². The molecule has 1 heterocycles. The third kappa shape index (κ3) is 7.62. The number of carbonyl (C=O) groups excluding carboxylic acids is 1. The predicted octanol–water partition coefficient (Wildman–Crippen LogP) is 0.115. The van der Waals surface area contributed by atoms with Gasteiger partial charge in [0.2, 0.25) is 11.9 Å². The Morgan fingerprint density at radius 2 is 2.10 bits per heavy atom. The molecule has 0 bridgehead atoms. The van der Waals surface area contributed by atoms with E-state index in [1.807, 2.05) is 25.1 Å². The summed E-state index contributed by atoms with van der Waals surface area (Å²) >= 11 is 0. The minimum Gasteiger partial charge on any atom is -0.368 e. The molecule has 0 spiro atoms. The Kier molecular flexibility index (Phi) is 8.16. The van der Waals surface area contributed by atoms with Gasteiger partial charge in [-0.1, -0.05) is 29.8 Å². The van der Waals surface area contributed by atoms with E-state index in [-0.39, 0.29) is 42.8 Å². The first-order chi connectivity index (χ1) is 13.8. The van der Waals surface area contributed by atoms with E-state index in [1.54, 1.807) is 6.92 Å². The van der Waals surface area contributed by atoms with Gasteiger partial charge in [0.1, 0.15) is 0 Å². The smallest absolute Gasteiger partial charge is 0.290 e. The number of rotatable bonds is 10. The highest BCUT2D eigenvalue weighted by Crippen LogP contribution is 2.07. The Morgan fingerprint density at radius 3 is 2.83 bits per heavy atom. The summed E-state index contributed by atoms with van der Waals surface area (Å²) in [5.74, 6) is -0.378. The Hall–Kier alpha value is -3.40. The van der Waals surface area contributed by atoms with Crippen molar-refractivity contribution >= 4 is 17.7 Å². The van der Waals surface area contributed by atoms with Gasteiger partial charge in [0.25, 0.3) is 5.56 Å². The van der Waals surface area contributed by atoms with E-state index in [9.17, 15) is 9.59 Å². The lowest BCUT2D eigenvalue weighted by Crippen LogP contribution is -2.35. The second-order valence-electron chi connectivity index (χ2n) is 6.54. The summed E-state index contributed by atoms with van der Waals surface area (Å²) in [6.07, 6.45) is 0.774. The zero-order chi connectivity index (χ0) is 21.2. The summed E-state index contributed by atoms with van der Waals surface area (Å²) in [4.78, 5) is 36.1. The van der Waals surface area contributed by atoms with Gasteiger partial charge >= 0.3 is 0 Å². The lowest BCUT2D eigenvalue weighted by atomic mass is 10.1. The Labute approximate surface area is 168 Å². The number of hydrogen-bond acceptors (Lipinski definition) is 6. The molecule has 0 radical (unpaired) electrons. The maximum atomic E-state index is 12.1. The quantitative estimate of drug-likeness (QED) is 0.143. The molecule has 0 fully saturated rings. The van der Waals surface area contributed by atoms with E-state index in [2.05, 4.69) is 32.1 Å². The molecule has 7 N–H and O–H groups in total. The van der Waals surface area contributed by atoms with E-state index in [0.29, 0.717) is 17.9 Å². The summed E-state index contributed by atoms with van der Waals surface area (Å²) in [7, 11) is 0. The molecule has 1 aromatic heterocycles. The number of carbonyl (C=O) groups is 1. The second kappa shape index (κ2) is 10.8. The van der Waals surface area contributed by atoms with Gasteiger partial charge in [-0.15, -0.1) is 0 Å². The van der Waals surface area contributed by atoms with Crippen molar-refractivity contribution in [1.29, 1.82) is 5.41 Å². The van der Waals surface area contributed by atoms with Crippen LogP contribution < -0.4 is 27.4 Å². The van der Waals surface area contributed by atoms with Crippen LogP contribution in [0.4, 0.5) is 5.82 Å². The zero-order valence-corrected chi connectivity index (χ0v) is 16.6. The number of aryl methyl sites for hydroxylation is 2. The first-order valence-corrected chi connectivity index (χ1v) is 9.23. The van der Waals surface area contributed by atoms with Crippen molar-refractivity contribution in [3.8, 4) is 0 Å². The number of hydrogen-bond donors (Lipinski definition) is 6. The minimum atomic E-state index is -0.320. The number of nitrogens with one attached hydrogen (secondary N) is 5. The van der Waals surface area contributed by atoms with E-state index < -0.39 is 0 Å². The van der Waals surface area contributed by atoms with E-state index in [1.165, 1.54) is 11.1 Å². The molecule has 156 valence electrons. The Morgan fingerprint density at radius 1 is 1.31 bits per heavy atom. The van der Waals surface area contributed by atoms with Crippen LogP contribution in [0.2, 0.25) is 0 Å². The number of nitrogens with two attached hydrogens (primary N) is 1. The SMILES string of the molecule is Cc1cccc(CCNc2nc(CC(=O)NCCONC(=N)N)c(C)[nH]c2=O)c1. The van der Waals surface area contributed by atoms with Gasteiger partial charge in [-0.25, -0.2) is 10.5 Å². The van der Waals surface area contributed by atoms with E-state index >= 15 is 0 Å². The molecule has 29 heavy (non-hydrogen) atoms. The number of hydroxylamine groups is 1. The molecule has 0 saturated carbocycles. The molecule has 1 amide bonds. The fourth-order valence-electron chi connectivity index (χ4n) is 2.64. The summed E-state index contributed by atoms with van der Waals surface area (Å²) in [5, 5.41) is 12.7. The van der Waals surface area contributed by atoms with Gasteiger partial charge < -0.3 is 21.4 Å². The van der Waals surface area contributed by atoms with Gasteiger partial charge in [-0.3, -0.25) is 19.8 Å². The normalized spacial score (nSPS) is 10.4. The number of amides is 1. The highest BCUT2D eigenvalue weighted by molar-refractivity contribution is 5.78. The number of aromatic nitrogens is 2. The standard InChI is InChI=1S/C19H27N7O3/c1-12-4-3-5-14(10-12)6-7-23-17-18(28)24-13(2)15(25-17)11-16(27)22-8-9-29-26-19(20)21/h3-5,10H,6-9,11H2,1-2H3,(H,22,27)(H,23,25)(H,24,28)(H4,20,21,26). The lowest BCUT2D eigenvalue weighted by Gasteiger charge is -2.10. The van der Waals surface area contributed by atoms with E-state index in [0.717, 1.165) is 6.42 Å².